The smallest absolute Gasteiger partial charge is 0.0741 e. The van der Waals surface area contributed by atoms with Crippen molar-refractivity contribution in [1.82, 2.24) is 10.2 Å². The molecule has 2 rings (SSSR count). The van der Waals surface area contributed by atoms with Gasteiger partial charge in [-0.3, -0.25) is 0 Å². The van der Waals surface area contributed by atoms with Gasteiger partial charge in [-0.15, -0.1) is 11.8 Å². The van der Waals surface area contributed by atoms with Crippen LogP contribution in [-0.2, 0) is 0 Å². The fourth-order valence-electron chi connectivity index (χ4n) is 1.78. The van der Waals surface area contributed by atoms with Crippen molar-refractivity contribution in [3.05, 3.63) is 10.4 Å². The molecule has 1 atom stereocenters. The molecule has 2 aliphatic rings. The number of rotatable bonds is 4. The van der Waals surface area contributed by atoms with Crippen molar-refractivity contribution < 1.29 is 0 Å². The van der Waals surface area contributed by atoms with Crippen LogP contribution < -0.4 is 5.32 Å². The first-order valence-corrected chi connectivity index (χ1v) is 7.19. The molecule has 1 saturated heterocycles. The van der Waals surface area contributed by atoms with E-state index in [1.165, 1.54) is 42.5 Å². The molecule has 0 radical (unpaired) electrons. The fraction of sp³-hybridized carbons (Fsp3) is 0.800. The van der Waals surface area contributed by atoms with Gasteiger partial charge in [0, 0.05) is 18.5 Å². The second-order valence-electron chi connectivity index (χ2n) is 3.79. The van der Waals surface area contributed by atoms with E-state index in [1.807, 2.05) is 23.5 Å². The normalized spacial score (nSPS) is 27.8. The van der Waals surface area contributed by atoms with Gasteiger partial charge in [-0.05, 0) is 32.9 Å². The molecule has 4 heteroatoms. The summed E-state index contributed by atoms with van der Waals surface area (Å²) in [5, 5.41) is 3.89. The maximum absolute atomic E-state index is 3.31. The van der Waals surface area contributed by atoms with Gasteiger partial charge in [0.1, 0.15) is 0 Å². The molecule has 2 nitrogen and oxygen atoms in total. The Hall–Kier alpha value is 0.200. The lowest BCUT2D eigenvalue weighted by Gasteiger charge is -2.13. The van der Waals surface area contributed by atoms with Gasteiger partial charge in [-0.2, -0.15) is 0 Å². The van der Waals surface area contributed by atoms with E-state index in [0.717, 1.165) is 0 Å². The molecule has 1 fully saturated rings. The summed E-state index contributed by atoms with van der Waals surface area (Å²) >= 11 is 3.94. The van der Waals surface area contributed by atoms with Crippen molar-refractivity contribution in [2.24, 2.45) is 0 Å². The molecule has 0 saturated carbocycles. The molecule has 14 heavy (non-hydrogen) atoms. The first kappa shape index (κ1) is 10.7. The van der Waals surface area contributed by atoms with Crippen LogP contribution in [0.15, 0.2) is 10.4 Å². The van der Waals surface area contributed by atoms with E-state index in [0.29, 0.717) is 5.37 Å². The van der Waals surface area contributed by atoms with Crippen LogP contribution in [0.2, 0.25) is 0 Å². The van der Waals surface area contributed by atoms with Crippen LogP contribution in [0.25, 0.3) is 0 Å². The van der Waals surface area contributed by atoms with Gasteiger partial charge in [-0.25, -0.2) is 0 Å². The van der Waals surface area contributed by atoms with Gasteiger partial charge >= 0.3 is 0 Å². The third-order valence-corrected chi connectivity index (χ3v) is 4.85. The second-order valence-corrected chi connectivity index (χ2v) is 6.57. The summed E-state index contributed by atoms with van der Waals surface area (Å²) in [5.41, 5.74) is 0. The zero-order chi connectivity index (χ0) is 9.80. The third-order valence-electron chi connectivity index (χ3n) is 2.58. The number of nitrogens with one attached hydrogen (secondary N) is 1. The number of thioether (sulfide) groups is 2. The highest BCUT2D eigenvalue weighted by molar-refractivity contribution is 8.22. The van der Waals surface area contributed by atoms with Crippen LogP contribution >= 0.6 is 23.5 Å². The number of hydrogen-bond acceptors (Lipinski definition) is 4. The Morgan fingerprint density at radius 3 is 3.00 bits per heavy atom. The molecule has 1 N–H and O–H groups in total. The SMILES string of the molecule is CC1NC=C(SCCN2CCCC2)S1. The van der Waals surface area contributed by atoms with E-state index in [9.17, 15) is 0 Å². The molecule has 2 heterocycles. The zero-order valence-electron chi connectivity index (χ0n) is 8.66. The van der Waals surface area contributed by atoms with Crippen molar-refractivity contribution in [3.63, 3.8) is 0 Å². The lowest BCUT2D eigenvalue weighted by atomic mass is 10.4. The molecule has 0 aliphatic carbocycles. The Bertz CT molecular complexity index is 212. The van der Waals surface area contributed by atoms with Crippen LogP contribution in [0.5, 0.6) is 0 Å². The molecule has 0 amide bonds. The van der Waals surface area contributed by atoms with E-state index in [2.05, 4.69) is 23.3 Å². The van der Waals surface area contributed by atoms with Crippen LogP contribution in [0.4, 0.5) is 0 Å². The molecule has 0 aromatic heterocycles. The third kappa shape index (κ3) is 3.11. The quantitative estimate of drug-likeness (QED) is 0.797. The van der Waals surface area contributed by atoms with Crippen LogP contribution in [0.3, 0.4) is 0 Å². The maximum Gasteiger partial charge on any atom is 0.0741 e. The zero-order valence-corrected chi connectivity index (χ0v) is 10.3. The summed E-state index contributed by atoms with van der Waals surface area (Å²) < 4.78 is 1.46. The minimum absolute atomic E-state index is 0.573. The molecular formula is C10H18N2S2. The second kappa shape index (κ2) is 5.33. The standard InChI is InChI=1S/C10H18N2S2/c1-9-11-8-10(14-9)13-7-6-12-4-2-3-5-12/h8-9,11H,2-7H2,1H3. The lowest BCUT2D eigenvalue weighted by Crippen LogP contribution is -2.21. The Kier molecular flexibility index (Phi) is 4.08. The highest BCUT2D eigenvalue weighted by Crippen LogP contribution is 2.34. The molecule has 0 aromatic carbocycles. The Balaban J connectivity index is 1.58. The molecular weight excluding hydrogens is 212 g/mol. The average Bonchev–Trinajstić information content (AvgIpc) is 2.77. The number of hydrogen-bond donors (Lipinski definition) is 1. The van der Waals surface area contributed by atoms with Crippen LogP contribution in [-0.4, -0.2) is 35.7 Å². The van der Waals surface area contributed by atoms with Gasteiger partial charge in [0.05, 0.1) is 9.61 Å². The first-order valence-electron chi connectivity index (χ1n) is 5.32. The van der Waals surface area contributed by atoms with Gasteiger partial charge in [-0.1, -0.05) is 11.8 Å². The van der Waals surface area contributed by atoms with Gasteiger partial charge in [0.2, 0.25) is 0 Å². The molecule has 80 valence electrons. The van der Waals surface area contributed by atoms with Crippen LogP contribution in [0.1, 0.15) is 19.8 Å². The molecule has 0 spiro atoms. The van der Waals surface area contributed by atoms with E-state index in [-0.39, 0.29) is 0 Å². The molecule has 2 aliphatic heterocycles. The summed E-state index contributed by atoms with van der Waals surface area (Å²) in [6.45, 7) is 6.11. The largest absolute Gasteiger partial charge is 0.378 e. The highest BCUT2D eigenvalue weighted by Gasteiger charge is 2.14. The number of nitrogens with zero attached hydrogens (tertiary/aromatic N) is 1. The maximum atomic E-state index is 3.31. The van der Waals surface area contributed by atoms with Crippen molar-refractivity contribution >= 4 is 23.5 Å². The Morgan fingerprint density at radius 1 is 1.57 bits per heavy atom. The summed E-state index contributed by atoms with van der Waals surface area (Å²) in [7, 11) is 0. The fourth-order valence-corrected chi connectivity index (χ4v) is 4.06. The average molecular weight is 230 g/mol. The summed E-state index contributed by atoms with van der Waals surface area (Å²) in [6.07, 6.45) is 4.96. The number of likely N-dealkylation sites (tertiary alicyclic amines) is 1. The van der Waals surface area contributed by atoms with Crippen molar-refractivity contribution in [2.75, 3.05) is 25.4 Å². The molecule has 0 aromatic rings. The predicted octanol–water partition coefficient (Wildman–Crippen LogP) is 2.30. The lowest BCUT2D eigenvalue weighted by molar-refractivity contribution is 0.362. The van der Waals surface area contributed by atoms with Crippen molar-refractivity contribution in [2.45, 2.75) is 25.1 Å². The van der Waals surface area contributed by atoms with E-state index < -0.39 is 0 Å². The topological polar surface area (TPSA) is 15.3 Å². The van der Waals surface area contributed by atoms with Gasteiger partial charge in [0.25, 0.3) is 0 Å². The van der Waals surface area contributed by atoms with Gasteiger partial charge in [0.15, 0.2) is 0 Å². The molecule has 0 bridgehead atoms. The monoisotopic (exact) mass is 230 g/mol. The van der Waals surface area contributed by atoms with E-state index in [1.54, 1.807) is 0 Å². The van der Waals surface area contributed by atoms with E-state index in [4.69, 9.17) is 0 Å². The van der Waals surface area contributed by atoms with Crippen molar-refractivity contribution in [1.29, 1.82) is 0 Å². The summed E-state index contributed by atoms with van der Waals surface area (Å²) in [6, 6.07) is 0. The van der Waals surface area contributed by atoms with Gasteiger partial charge < -0.3 is 10.2 Å². The Labute approximate surface area is 94.9 Å². The van der Waals surface area contributed by atoms with E-state index >= 15 is 0 Å². The first-order chi connectivity index (χ1) is 6.84. The minimum atomic E-state index is 0.573. The molecule has 1 unspecified atom stereocenters. The minimum Gasteiger partial charge on any atom is -0.378 e. The van der Waals surface area contributed by atoms with Crippen LogP contribution in [0, 0.1) is 0 Å². The highest BCUT2D eigenvalue weighted by atomic mass is 32.2. The Morgan fingerprint density at radius 2 is 2.36 bits per heavy atom. The summed E-state index contributed by atoms with van der Waals surface area (Å²) in [4.78, 5) is 2.57. The van der Waals surface area contributed by atoms with Crippen molar-refractivity contribution in [3.8, 4) is 0 Å². The predicted molar refractivity (Wildman–Crippen MR) is 66.4 cm³/mol. The summed E-state index contributed by atoms with van der Waals surface area (Å²) in [5.74, 6) is 1.24.